The van der Waals surface area contributed by atoms with E-state index in [0.29, 0.717) is 29.3 Å². The molecule has 3 aromatic rings. The van der Waals surface area contributed by atoms with Gasteiger partial charge in [-0.2, -0.15) is 0 Å². The first-order valence-electron chi connectivity index (χ1n) is 12.0. The van der Waals surface area contributed by atoms with Gasteiger partial charge in [-0.15, -0.1) is 11.3 Å². The number of fused-ring (bicyclic) bond motifs is 1. The third-order valence-corrected chi connectivity index (χ3v) is 6.94. The second-order valence-electron chi connectivity index (χ2n) is 9.15. The van der Waals surface area contributed by atoms with Crippen molar-refractivity contribution in [3.63, 3.8) is 0 Å². The van der Waals surface area contributed by atoms with E-state index in [1.807, 2.05) is 44.4 Å². The summed E-state index contributed by atoms with van der Waals surface area (Å²) in [5.74, 6) is -0.520. The molecule has 0 bridgehead atoms. The van der Waals surface area contributed by atoms with Gasteiger partial charge in [0.05, 0.1) is 0 Å². The maximum Gasteiger partial charge on any atom is 0.255 e. The Hall–Kier alpha value is -3.56. The maximum atomic E-state index is 13.1. The number of carbonyl (C=O) groups is 3. The molecule has 2 heterocycles. The summed E-state index contributed by atoms with van der Waals surface area (Å²) in [7, 11) is 4.08. The van der Waals surface area contributed by atoms with Crippen LogP contribution >= 0.6 is 11.3 Å². The minimum atomic E-state index is -0.627. The Kier molecular flexibility index (Phi) is 8.12. The molecule has 0 radical (unpaired) electrons. The van der Waals surface area contributed by atoms with Crippen LogP contribution in [0.5, 0.6) is 0 Å². The van der Waals surface area contributed by atoms with Gasteiger partial charge in [-0.05, 0) is 75.3 Å². The maximum absolute atomic E-state index is 13.1. The van der Waals surface area contributed by atoms with E-state index in [4.69, 9.17) is 0 Å². The molecule has 1 aromatic heterocycles. The van der Waals surface area contributed by atoms with Crippen molar-refractivity contribution in [1.29, 1.82) is 0 Å². The van der Waals surface area contributed by atoms with Gasteiger partial charge in [0.25, 0.3) is 11.8 Å². The lowest BCUT2D eigenvalue weighted by Crippen LogP contribution is -2.42. The highest BCUT2D eigenvalue weighted by Crippen LogP contribution is 2.30. The first kappa shape index (κ1) is 25.5. The third-order valence-electron chi connectivity index (χ3n) is 6.25. The Morgan fingerprint density at radius 2 is 1.86 bits per heavy atom. The van der Waals surface area contributed by atoms with E-state index in [0.717, 1.165) is 36.1 Å². The van der Waals surface area contributed by atoms with Gasteiger partial charge in [-0.3, -0.25) is 14.4 Å². The van der Waals surface area contributed by atoms with Crippen LogP contribution in [0, 0.1) is 0 Å². The summed E-state index contributed by atoms with van der Waals surface area (Å²) in [5.41, 5.74) is 3.90. The lowest BCUT2D eigenvalue weighted by molar-refractivity contribution is -0.120. The minimum Gasteiger partial charge on any atom is -0.352 e. The fraction of sp³-hybridized carbons (Fsp3) is 0.333. The summed E-state index contributed by atoms with van der Waals surface area (Å²) >= 11 is 1.33. The van der Waals surface area contributed by atoms with Crippen LogP contribution in [-0.4, -0.2) is 65.7 Å². The zero-order valence-electron chi connectivity index (χ0n) is 20.8. The van der Waals surface area contributed by atoms with E-state index < -0.39 is 6.04 Å². The van der Waals surface area contributed by atoms with Gasteiger partial charge in [0.2, 0.25) is 5.91 Å². The number of aromatic nitrogens is 1. The van der Waals surface area contributed by atoms with E-state index in [1.165, 1.54) is 11.3 Å². The number of anilines is 1. The topological polar surface area (TPSA) is 94.6 Å². The van der Waals surface area contributed by atoms with Crippen LogP contribution in [0.3, 0.4) is 0 Å². The number of nitrogens with zero attached hydrogens (tertiary/aromatic N) is 3. The highest BCUT2D eigenvalue weighted by atomic mass is 32.1. The molecule has 0 fully saturated rings. The number of hydrogen-bond acceptors (Lipinski definition) is 6. The van der Waals surface area contributed by atoms with E-state index in [-0.39, 0.29) is 17.7 Å². The van der Waals surface area contributed by atoms with Gasteiger partial charge in [0, 0.05) is 35.8 Å². The molecule has 0 unspecified atom stereocenters. The Bertz CT molecular complexity index is 1220. The van der Waals surface area contributed by atoms with Gasteiger partial charge in [-0.1, -0.05) is 24.3 Å². The smallest absolute Gasteiger partial charge is 0.255 e. The second-order valence-corrected chi connectivity index (χ2v) is 10.0. The van der Waals surface area contributed by atoms with Crippen molar-refractivity contribution in [2.45, 2.75) is 32.4 Å². The molecule has 1 atom stereocenters. The van der Waals surface area contributed by atoms with Crippen LogP contribution < -0.4 is 10.6 Å². The molecule has 188 valence electrons. The summed E-state index contributed by atoms with van der Waals surface area (Å²) in [6.07, 6.45) is 3.60. The average Bonchev–Trinajstić information content (AvgIpc) is 3.50. The summed E-state index contributed by atoms with van der Waals surface area (Å²) < 4.78 is 0. The molecule has 2 N–H and O–H groups in total. The Balaban J connectivity index is 1.38. The predicted molar refractivity (Wildman–Crippen MR) is 142 cm³/mol. The van der Waals surface area contributed by atoms with E-state index in [2.05, 4.69) is 20.5 Å². The van der Waals surface area contributed by atoms with Crippen LogP contribution in [0.2, 0.25) is 0 Å². The first-order chi connectivity index (χ1) is 17.3. The van der Waals surface area contributed by atoms with E-state index in [1.54, 1.807) is 35.5 Å². The molecule has 1 aliphatic heterocycles. The summed E-state index contributed by atoms with van der Waals surface area (Å²) in [6.45, 7) is 3.76. The van der Waals surface area contributed by atoms with Crippen molar-refractivity contribution < 1.29 is 14.4 Å². The standard InChI is InChI=1S/C27H31N5O3S/c1-18(24(33)30-27-29-13-15-36-27)32-17-22-11-10-21(16-23(22)26(32)35)19-6-8-20(9-7-19)25(34)28-12-4-5-14-31(2)3/h6-11,13,15-16,18H,4-5,12,14,17H2,1-3H3,(H,28,34)(H,29,30,33)/t18-/m1/s1. The number of benzene rings is 2. The third kappa shape index (κ3) is 5.98. The molecule has 1 aliphatic rings. The van der Waals surface area contributed by atoms with Crippen molar-refractivity contribution in [2.75, 3.05) is 32.5 Å². The van der Waals surface area contributed by atoms with Crippen molar-refractivity contribution in [1.82, 2.24) is 20.1 Å². The molecule has 36 heavy (non-hydrogen) atoms. The number of amides is 3. The average molecular weight is 506 g/mol. The number of unbranched alkanes of at least 4 members (excludes halogenated alkanes) is 1. The summed E-state index contributed by atoms with van der Waals surface area (Å²) in [4.78, 5) is 46.0. The Labute approximate surface area is 215 Å². The monoisotopic (exact) mass is 505 g/mol. The molecule has 9 heteroatoms. The molecule has 0 saturated carbocycles. The molecule has 2 aromatic carbocycles. The molecule has 3 amide bonds. The molecular formula is C27H31N5O3S. The van der Waals surface area contributed by atoms with Gasteiger partial charge in [-0.25, -0.2) is 4.98 Å². The number of rotatable bonds is 10. The first-order valence-corrected chi connectivity index (χ1v) is 12.9. The fourth-order valence-corrected chi connectivity index (χ4v) is 4.66. The lowest BCUT2D eigenvalue weighted by Gasteiger charge is -2.22. The Morgan fingerprint density at radius 1 is 1.11 bits per heavy atom. The number of nitrogens with one attached hydrogen (secondary N) is 2. The minimum absolute atomic E-state index is 0.0869. The number of hydrogen-bond donors (Lipinski definition) is 2. The SMILES string of the molecule is C[C@H](C(=O)Nc1nccs1)N1Cc2ccc(-c3ccc(C(=O)NCCCCN(C)C)cc3)cc2C1=O. The normalized spacial score (nSPS) is 13.6. The van der Waals surface area contributed by atoms with E-state index >= 15 is 0 Å². The molecule has 0 saturated heterocycles. The zero-order chi connectivity index (χ0) is 25.7. The van der Waals surface area contributed by atoms with Crippen LogP contribution in [0.15, 0.2) is 54.0 Å². The second kappa shape index (κ2) is 11.5. The molecule has 0 aliphatic carbocycles. The molecule has 4 rings (SSSR count). The van der Waals surface area contributed by atoms with Gasteiger partial charge in [0.1, 0.15) is 6.04 Å². The number of carbonyl (C=O) groups excluding carboxylic acids is 3. The van der Waals surface area contributed by atoms with Crippen LogP contribution in [0.4, 0.5) is 5.13 Å². The van der Waals surface area contributed by atoms with E-state index in [9.17, 15) is 14.4 Å². The molecular weight excluding hydrogens is 474 g/mol. The number of thiazole rings is 1. The van der Waals surface area contributed by atoms with Crippen LogP contribution in [0.1, 0.15) is 46.0 Å². The van der Waals surface area contributed by atoms with Crippen molar-refractivity contribution in [2.24, 2.45) is 0 Å². The molecule has 8 nitrogen and oxygen atoms in total. The largest absolute Gasteiger partial charge is 0.352 e. The van der Waals surface area contributed by atoms with Gasteiger partial charge < -0.3 is 20.4 Å². The quantitative estimate of drug-likeness (QED) is 0.408. The van der Waals surface area contributed by atoms with Crippen molar-refractivity contribution in [3.8, 4) is 11.1 Å². The van der Waals surface area contributed by atoms with Gasteiger partial charge >= 0.3 is 0 Å². The highest BCUT2D eigenvalue weighted by molar-refractivity contribution is 7.13. The van der Waals surface area contributed by atoms with Crippen molar-refractivity contribution >= 4 is 34.2 Å². The fourth-order valence-electron chi connectivity index (χ4n) is 4.12. The van der Waals surface area contributed by atoms with Crippen LogP contribution in [-0.2, 0) is 11.3 Å². The summed E-state index contributed by atoms with van der Waals surface area (Å²) in [5, 5.41) is 8.02. The predicted octanol–water partition coefficient (Wildman–Crippen LogP) is 3.86. The summed E-state index contributed by atoms with van der Waals surface area (Å²) in [6, 6.07) is 12.5. The van der Waals surface area contributed by atoms with Gasteiger partial charge in [0.15, 0.2) is 5.13 Å². The van der Waals surface area contributed by atoms with Crippen LogP contribution in [0.25, 0.3) is 11.1 Å². The molecule has 0 spiro atoms. The highest BCUT2D eigenvalue weighted by Gasteiger charge is 2.34. The lowest BCUT2D eigenvalue weighted by atomic mass is 9.99. The zero-order valence-corrected chi connectivity index (χ0v) is 21.6. The van der Waals surface area contributed by atoms with Crippen molar-refractivity contribution in [3.05, 3.63) is 70.7 Å². The Morgan fingerprint density at radius 3 is 2.56 bits per heavy atom.